The van der Waals surface area contributed by atoms with Crippen LogP contribution >= 0.6 is 0 Å². The van der Waals surface area contributed by atoms with Crippen LogP contribution in [0.1, 0.15) is 72.5 Å². The number of anilines is 1. The highest BCUT2D eigenvalue weighted by Gasteiger charge is 2.71. The number of rotatable bonds is 6. The van der Waals surface area contributed by atoms with Gasteiger partial charge in [0.25, 0.3) is 11.8 Å². The smallest absolute Gasteiger partial charge is 0.274 e. The maximum atomic E-state index is 13.5. The van der Waals surface area contributed by atoms with Crippen molar-refractivity contribution in [2.75, 3.05) is 18.0 Å². The van der Waals surface area contributed by atoms with E-state index in [4.69, 9.17) is 0 Å². The number of piperidine rings is 1. The van der Waals surface area contributed by atoms with Gasteiger partial charge in [0.1, 0.15) is 5.82 Å². The van der Waals surface area contributed by atoms with Crippen LogP contribution in [0.5, 0.6) is 0 Å². The summed E-state index contributed by atoms with van der Waals surface area (Å²) in [7, 11) is 1.94. The number of hydrogen-bond acceptors (Lipinski definition) is 7. The van der Waals surface area contributed by atoms with Crippen LogP contribution in [0.2, 0.25) is 0 Å². The van der Waals surface area contributed by atoms with Crippen molar-refractivity contribution in [1.29, 1.82) is 0 Å². The Balaban J connectivity index is 0.00000137. The number of carbonyl (C=O) groups excluding carboxylic acids is 1. The number of imidazole rings is 1. The lowest BCUT2D eigenvalue weighted by atomic mass is 10.1. The van der Waals surface area contributed by atoms with Crippen LogP contribution in [-0.4, -0.2) is 59.6 Å². The van der Waals surface area contributed by atoms with Crippen LogP contribution in [0, 0.1) is 11.8 Å². The highest BCUT2D eigenvalue weighted by Crippen LogP contribution is 2.59. The number of halogens is 2. The second kappa shape index (κ2) is 9.47. The summed E-state index contributed by atoms with van der Waals surface area (Å²) in [5, 5.41) is 21.4. The molecular formula is C25H32F2N8O2. The van der Waals surface area contributed by atoms with Crippen molar-refractivity contribution >= 4 is 11.7 Å². The first-order chi connectivity index (χ1) is 17.7. The third kappa shape index (κ3) is 4.47. The van der Waals surface area contributed by atoms with Gasteiger partial charge in [0.15, 0.2) is 5.69 Å². The molecule has 3 aliphatic rings. The van der Waals surface area contributed by atoms with Crippen LogP contribution in [0.4, 0.5) is 14.6 Å². The summed E-state index contributed by atoms with van der Waals surface area (Å²) in [6.45, 7) is 6.40. The van der Waals surface area contributed by atoms with Crippen molar-refractivity contribution in [3.8, 4) is 0 Å². The molecule has 3 aromatic heterocycles. The van der Waals surface area contributed by atoms with E-state index in [2.05, 4.69) is 25.6 Å². The van der Waals surface area contributed by atoms with Gasteiger partial charge in [-0.2, -0.15) is 0 Å². The second-order valence-corrected chi connectivity index (χ2v) is 9.74. The number of pyridine rings is 1. The average Bonchev–Trinajstić information content (AvgIpc) is 3.53. The summed E-state index contributed by atoms with van der Waals surface area (Å²) in [6, 6.07) is 3.44. The fourth-order valence-electron chi connectivity index (χ4n) is 5.37. The van der Waals surface area contributed by atoms with Crippen molar-refractivity contribution in [2.45, 2.75) is 58.2 Å². The van der Waals surface area contributed by atoms with E-state index in [1.165, 1.54) is 4.68 Å². The standard InChI is InChI=1S/C23H26F2N8O2.C2H6/c1-12(34)20-13(3-6-19(28-20)32-8-14-15(9-32)23(14,24)25)7-33-10-17(29-30-33)22(35)27-16-4-5-18-21(16)26-11-31(18)2;1-2/h3,6,10-12,14-16,34H,4-5,7-9H2,1-2H3,(H,27,35);1-2H3/t12?,14?,15?,16-;/m1./s1. The number of carbonyl (C=O) groups is 1. The van der Waals surface area contributed by atoms with Crippen molar-refractivity contribution in [2.24, 2.45) is 18.9 Å². The Morgan fingerprint density at radius 3 is 2.70 bits per heavy atom. The minimum Gasteiger partial charge on any atom is -0.387 e. The third-order valence-electron chi connectivity index (χ3n) is 7.42. The van der Waals surface area contributed by atoms with Crippen LogP contribution in [-0.2, 0) is 20.0 Å². The summed E-state index contributed by atoms with van der Waals surface area (Å²) in [4.78, 5) is 23.6. The molecule has 2 aliphatic carbocycles. The van der Waals surface area contributed by atoms with E-state index in [0.29, 0.717) is 17.1 Å². The topological polar surface area (TPSA) is 114 Å². The molecule has 3 aromatic rings. The molecule has 4 atom stereocenters. The molecular weight excluding hydrogens is 482 g/mol. The zero-order valence-corrected chi connectivity index (χ0v) is 21.4. The van der Waals surface area contributed by atoms with Crippen molar-refractivity contribution in [1.82, 2.24) is 34.8 Å². The molecule has 6 rings (SSSR count). The molecule has 1 amide bonds. The van der Waals surface area contributed by atoms with E-state index >= 15 is 0 Å². The maximum Gasteiger partial charge on any atom is 0.274 e. The Morgan fingerprint density at radius 2 is 2.00 bits per heavy atom. The Bertz CT molecular complexity index is 1290. The Hall–Kier alpha value is -3.41. The number of hydrogen-bond donors (Lipinski definition) is 2. The molecule has 1 saturated heterocycles. The molecule has 0 aromatic carbocycles. The maximum absolute atomic E-state index is 13.5. The van der Waals surface area contributed by atoms with Crippen molar-refractivity contribution < 1.29 is 18.7 Å². The van der Waals surface area contributed by atoms with Gasteiger partial charge in [0.05, 0.1) is 54.4 Å². The van der Waals surface area contributed by atoms with Gasteiger partial charge in [-0.15, -0.1) is 5.10 Å². The molecule has 0 bridgehead atoms. The Morgan fingerprint density at radius 1 is 1.27 bits per heavy atom. The molecule has 12 heteroatoms. The largest absolute Gasteiger partial charge is 0.387 e. The predicted octanol–water partition coefficient (Wildman–Crippen LogP) is 2.65. The molecule has 10 nitrogen and oxygen atoms in total. The number of amides is 1. The quantitative estimate of drug-likeness (QED) is 0.520. The lowest BCUT2D eigenvalue weighted by Crippen LogP contribution is -2.28. The van der Waals surface area contributed by atoms with E-state index in [9.17, 15) is 18.7 Å². The first-order valence-corrected chi connectivity index (χ1v) is 12.7. The lowest BCUT2D eigenvalue weighted by Gasteiger charge is -2.23. The molecule has 1 aliphatic heterocycles. The fraction of sp³-hybridized carbons (Fsp3) is 0.560. The van der Waals surface area contributed by atoms with Gasteiger partial charge in [-0.1, -0.05) is 25.1 Å². The number of aliphatic hydroxyl groups excluding tert-OH is 1. The number of fused-ring (bicyclic) bond motifs is 2. The minimum atomic E-state index is -2.56. The number of aryl methyl sites for hydroxylation is 1. The number of nitrogens with zero attached hydrogens (tertiary/aromatic N) is 7. The predicted molar refractivity (Wildman–Crippen MR) is 131 cm³/mol. The summed E-state index contributed by atoms with van der Waals surface area (Å²) in [6.07, 6.45) is 4.10. The van der Waals surface area contributed by atoms with E-state index in [1.54, 1.807) is 25.5 Å². The number of alkyl halides is 2. The zero-order chi connectivity index (χ0) is 26.5. The van der Waals surface area contributed by atoms with Gasteiger partial charge >= 0.3 is 0 Å². The average molecular weight is 515 g/mol. The second-order valence-electron chi connectivity index (χ2n) is 9.74. The van der Waals surface area contributed by atoms with Gasteiger partial charge in [-0.05, 0) is 31.4 Å². The minimum absolute atomic E-state index is 0.154. The molecule has 0 radical (unpaired) electrons. The molecule has 37 heavy (non-hydrogen) atoms. The van der Waals surface area contributed by atoms with Gasteiger partial charge in [0, 0.05) is 25.8 Å². The lowest BCUT2D eigenvalue weighted by molar-refractivity contribution is 0.0796. The number of aliphatic hydroxyl groups is 1. The molecule has 198 valence electrons. The van der Waals surface area contributed by atoms with Gasteiger partial charge in [-0.25, -0.2) is 23.4 Å². The van der Waals surface area contributed by atoms with E-state index < -0.39 is 23.9 Å². The van der Waals surface area contributed by atoms with Gasteiger partial charge in [-0.3, -0.25) is 4.79 Å². The summed E-state index contributed by atoms with van der Waals surface area (Å²) in [5.41, 5.74) is 3.36. The molecule has 0 spiro atoms. The van der Waals surface area contributed by atoms with Crippen LogP contribution in [0.25, 0.3) is 0 Å². The van der Waals surface area contributed by atoms with Crippen molar-refractivity contribution in [3.05, 3.63) is 53.0 Å². The first-order valence-electron chi connectivity index (χ1n) is 12.7. The summed E-state index contributed by atoms with van der Waals surface area (Å²) >= 11 is 0. The molecule has 3 unspecified atom stereocenters. The molecule has 2 N–H and O–H groups in total. The van der Waals surface area contributed by atoms with E-state index in [0.717, 1.165) is 24.2 Å². The summed E-state index contributed by atoms with van der Waals surface area (Å²) in [5.74, 6) is -3.51. The van der Waals surface area contributed by atoms with Crippen LogP contribution in [0.3, 0.4) is 0 Å². The third-order valence-corrected chi connectivity index (χ3v) is 7.42. The van der Waals surface area contributed by atoms with E-state index in [1.807, 2.05) is 36.4 Å². The van der Waals surface area contributed by atoms with Gasteiger partial charge < -0.3 is 19.9 Å². The highest BCUT2D eigenvalue weighted by molar-refractivity contribution is 5.92. The SMILES string of the molecule is CC.CC(O)c1nc(N2CC3C(C2)C3(F)F)ccc1Cn1cc(C(=O)N[C@@H]2CCc3c2ncn3C)nn1. The van der Waals surface area contributed by atoms with Gasteiger partial charge in [0.2, 0.25) is 0 Å². The molecule has 1 saturated carbocycles. The molecule has 4 heterocycles. The number of nitrogens with one attached hydrogen (secondary N) is 1. The Kier molecular flexibility index (Phi) is 6.47. The molecule has 2 fully saturated rings. The van der Waals surface area contributed by atoms with Crippen molar-refractivity contribution in [3.63, 3.8) is 0 Å². The number of aromatic nitrogens is 6. The van der Waals surface area contributed by atoms with E-state index in [-0.39, 0.29) is 37.3 Å². The fourth-order valence-corrected chi connectivity index (χ4v) is 5.37. The first kappa shape index (κ1) is 25.2. The van der Waals surface area contributed by atoms with Crippen LogP contribution in [0.15, 0.2) is 24.7 Å². The Labute approximate surface area is 213 Å². The zero-order valence-electron chi connectivity index (χ0n) is 21.4. The normalized spacial score (nSPS) is 23.6. The highest BCUT2D eigenvalue weighted by atomic mass is 19.3. The van der Waals surface area contributed by atoms with Crippen LogP contribution < -0.4 is 10.2 Å². The summed E-state index contributed by atoms with van der Waals surface area (Å²) < 4.78 is 30.6. The monoisotopic (exact) mass is 514 g/mol.